The minimum Gasteiger partial charge on any atom is -0.496 e. The molecule has 120 valence electrons. The summed E-state index contributed by atoms with van der Waals surface area (Å²) in [6, 6.07) is 8.68. The lowest BCUT2D eigenvalue weighted by Gasteiger charge is -2.30. The summed E-state index contributed by atoms with van der Waals surface area (Å²) in [5.74, 6) is 1.91. The minimum atomic E-state index is 0.324. The maximum Gasteiger partial charge on any atom is 0.191 e. The van der Waals surface area contributed by atoms with Crippen molar-refractivity contribution in [1.82, 2.24) is 15.5 Å². The van der Waals surface area contributed by atoms with Crippen LogP contribution in [0.2, 0.25) is 0 Å². The lowest BCUT2D eigenvalue weighted by Crippen LogP contribution is -2.44. The highest BCUT2D eigenvalue weighted by atomic mass is 16.5. The van der Waals surface area contributed by atoms with Crippen molar-refractivity contribution in [3.63, 3.8) is 0 Å². The van der Waals surface area contributed by atoms with E-state index in [0.717, 1.165) is 50.9 Å². The van der Waals surface area contributed by atoms with Gasteiger partial charge in [-0.3, -0.25) is 9.89 Å². The average Bonchev–Trinajstić information content (AvgIpc) is 3.11. The third kappa shape index (κ3) is 3.53. The number of hydrogen-bond donors (Lipinski definition) is 2. The Morgan fingerprint density at radius 2 is 2.09 bits per heavy atom. The van der Waals surface area contributed by atoms with Crippen LogP contribution < -0.4 is 15.4 Å². The number of nitrogens with one attached hydrogen (secondary N) is 2. The van der Waals surface area contributed by atoms with Gasteiger partial charge in [0.15, 0.2) is 5.96 Å². The minimum absolute atomic E-state index is 0.324. The molecule has 1 aromatic carbocycles. The molecular formula is C17H26N4O. The first-order valence-electron chi connectivity index (χ1n) is 8.27. The summed E-state index contributed by atoms with van der Waals surface area (Å²) in [5.41, 5.74) is 1.26. The molecule has 1 unspecified atom stereocenters. The molecule has 2 aliphatic rings. The monoisotopic (exact) mass is 302 g/mol. The van der Waals surface area contributed by atoms with Gasteiger partial charge in [-0.25, -0.2) is 0 Å². The second kappa shape index (κ2) is 7.49. The van der Waals surface area contributed by atoms with Crippen molar-refractivity contribution in [2.75, 3.05) is 39.8 Å². The van der Waals surface area contributed by atoms with Gasteiger partial charge >= 0.3 is 0 Å². The SMILES string of the molecule is COc1ccccc1C(CNC1=NCCCN1)N1CCCC1. The van der Waals surface area contributed by atoms with E-state index in [0.29, 0.717) is 6.04 Å². The van der Waals surface area contributed by atoms with E-state index in [1.807, 2.05) is 6.07 Å². The summed E-state index contributed by atoms with van der Waals surface area (Å²) in [4.78, 5) is 7.06. The number of aliphatic imine (C=N–C) groups is 1. The topological polar surface area (TPSA) is 48.9 Å². The Morgan fingerprint density at radius 3 is 2.82 bits per heavy atom. The van der Waals surface area contributed by atoms with Crippen LogP contribution in [0.1, 0.15) is 30.9 Å². The molecule has 3 rings (SSSR count). The Balaban J connectivity index is 1.75. The molecule has 1 atom stereocenters. The Hall–Kier alpha value is -1.75. The molecular weight excluding hydrogens is 276 g/mol. The Morgan fingerprint density at radius 1 is 1.27 bits per heavy atom. The molecule has 0 radical (unpaired) electrons. The molecule has 0 bridgehead atoms. The molecule has 2 N–H and O–H groups in total. The number of methoxy groups -OCH3 is 1. The predicted molar refractivity (Wildman–Crippen MR) is 89.5 cm³/mol. The first-order valence-corrected chi connectivity index (χ1v) is 8.27. The van der Waals surface area contributed by atoms with Gasteiger partial charge in [0.1, 0.15) is 5.75 Å². The summed E-state index contributed by atoms with van der Waals surface area (Å²) in [6.45, 7) is 5.09. The largest absolute Gasteiger partial charge is 0.496 e. The predicted octanol–water partition coefficient (Wildman–Crippen LogP) is 1.77. The van der Waals surface area contributed by atoms with Crippen LogP contribution in [-0.2, 0) is 0 Å². The number of benzene rings is 1. The fourth-order valence-electron chi connectivity index (χ4n) is 3.28. The Bertz CT molecular complexity index is 511. The molecule has 0 aromatic heterocycles. The number of rotatable bonds is 5. The van der Waals surface area contributed by atoms with Crippen molar-refractivity contribution in [3.05, 3.63) is 29.8 Å². The molecule has 1 aromatic rings. The van der Waals surface area contributed by atoms with Crippen LogP contribution in [0.3, 0.4) is 0 Å². The average molecular weight is 302 g/mol. The molecule has 5 nitrogen and oxygen atoms in total. The van der Waals surface area contributed by atoms with E-state index >= 15 is 0 Å². The standard InChI is InChI=1S/C17H26N4O/c1-22-16-8-3-2-7-14(16)15(21-11-4-5-12-21)13-20-17-18-9-6-10-19-17/h2-3,7-8,15H,4-6,9-13H2,1H3,(H2,18,19,20). The molecule has 0 amide bonds. The second-order valence-corrected chi connectivity index (χ2v) is 5.89. The molecule has 2 heterocycles. The van der Waals surface area contributed by atoms with Gasteiger partial charge in [0.25, 0.3) is 0 Å². The third-order valence-corrected chi connectivity index (χ3v) is 4.44. The van der Waals surface area contributed by atoms with E-state index in [2.05, 4.69) is 38.7 Å². The van der Waals surface area contributed by atoms with Crippen molar-refractivity contribution >= 4 is 5.96 Å². The highest BCUT2D eigenvalue weighted by molar-refractivity contribution is 5.80. The van der Waals surface area contributed by atoms with Crippen LogP contribution in [0.4, 0.5) is 0 Å². The summed E-state index contributed by atoms with van der Waals surface area (Å²) in [5, 5.41) is 6.82. The maximum atomic E-state index is 5.58. The van der Waals surface area contributed by atoms with Crippen LogP contribution in [0.5, 0.6) is 5.75 Å². The van der Waals surface area contributed by atoms with Crippen LogP contribution in [0, 0.1) is 0 Å². The number of para-hydroxylation sites is 1. The van der Waals surface area contributed by atoms with E-state index in [9.17, 15) is 0 Å². The number of hydrogen-bond acceptors (Lipinski definition) is 5. The zero-order valence-corrected chi connectivity index (χ0v) is 13.3. The van der Waals surface area contributed by atoms with Gasteiger partial charge in [0, 0.05) is 25.2 Å². The molecule has 5 heteroatoms. The third-order valence-electron chi connectivity index (χ3n) is 4.44. The molecule has 0 aliphatic carbocycles. The Labute approximate surface area is 132 Å². The first-order chi connectivity index (χ1) is 10.9. The number of ether oxygens (including phenoxy) is 1. The van der Waals surface area contributed by atoms with E-state index < -0.39 is 0 Å². The molecule has 22 heavy (non-hydrogen) atoms. The lowest BCUT2D eigenvalue weighted by atomic mass is 10.0. The zero-order valence-electron chi connectivity index (χ0n) is 13.3. The Kier molecular flexibility index (Phi) is 5.16. The molecule has 2 aliphatic heterocycles. The molecule has 0 saturated carbocycles. The highest BCUT2D eigenvalue weighted by Crippen LogP contribution is 2.31. The van der Waals surface area contributed by atoms with Crippen molar-refractivity contribution in [2.24, 2.45) is 4.99 Å². The van der Waals surface area contributed by atoms with Crippen LogP contribution >= 0.6 is 0 Å². The van der Waals surface area contributed by atoms with Crippen LogP contribution in [0.15, 0.2) is 29.3 Å². The summed E-state index contributed by atoms with van der Waals surface area (Å²) in [7, 11) is 1.75. The van der Waals surface area contributed by atoms with E-state index in [4.69, 9.17) is 4.74 Å². The smallest absolute Gasteiger partial charge is 0.191 e. The van der Waals surface area contributed by atoms with Gasteiger partial charge in [-0.15, -0.1) is 0 Å². The highest BCUT2D eigenvalue weighted by Gasteiger charge is 2.26. The number of guanidine groups is 1. The van der Waals surface area contributed by atoms with Gasteiger partial charge in [-0.2, -0.15) is 0 Å². The first kappa shape index (κ1) is 15.2. The van der Waals surface area contributed by atoms with Crippen molar-refractivity contribution in [3.8, 4) is 5.75 Å². The van der Waals surface area contributed by atoms with E-state index in [1.54, 1.807) is 7.11 Å². The molecule has 0 spiro atoms. The lowest BCUT2D eigenvalue weighted by molar-refractivity contribution is 0.239. The summed E-state index contributed by atoms with van der Waals surface area (Å²) in [6.07, 6.45) is 3.68. The normalized spacial score (nSPS) is 20.1. The number of likely N-dealkylation sites (tertiary alicyclic amines) is 1. The summed E-state index contributed by atoms with van der Waals surface area (Å²) < 4.78 is 5.58. The van der Waals surface area contributed by atoms with Gasteiger partial charge in [0.2, 0.25) is 0 Å². The van der Waals surface area contributed by atoms with Gasteiger partial charge in [-0.05, 0) is 38.4 Å². The van der Waals surface area contributed by atoms with Crippen molar-refractivity contribution in [1.29, 1.82) is 0 Å². The van der Waals surface area contributed by atoms with Crippen molar-refractivity contribution in [2.45, 2.75) is 25.3 Å². The fourth-order valence-corrected chi connectivity index (χ4v) is 3.28. The summed E-state index contributed by atoms with van der Waals surface area (Å²) >= 11 is 0. The van der Waals surface area contributed by atoms with E-state index in [1.165, 1.54) is 18.4 Å². The van der Waals surface area contributed by atoms with E-state index in [-0.39, 0.29) is 0 Å². The molecule has 1 fully saturated rings. The molecule has 1 saturated heterocycles. The van der Waals surface area contributed by atoms with Crippen molar-refractivity contribution < 1.29 is 4.74 Å². The fraction of sp³-hybridized carbons (Fsp3) is 0.588. The second-order valence-electron chi connectivity index (χ2n) is 5.89. The maximum absolute atomic E-state index is 5.58. The number of nitrogens with zero attached hydrogens (tertiary/aromatic N) is 2. The van der Waals surface area contributed by atoms with Gasteiger partial charge < -0.3 is 15.4 Å². The van der Waals surface area contributed by atoms with Gasteiger partial charge in [0.05, 0.1) is 13.2 Å². The van der Waals surface area contributed by atoms with Gasteiger partial charge in [-0.1, -0.05) is 18.2 Å². The van der Waals surface area contributed by atoms with Crippen LogP contribution in [0.25, 0.3) is 0 Å². The quantitative estimate of drug-likeness (QED) is 0.870. The van der Waals surface area contributed by atoms with Crippen LogP contribution in [-0.4, -0.2) is 50.7 Å². The zero-order chi connectivity index (χ0) is 15.2.